The lowest BCUT2D eigenvalue weighted by atomic mass is 10.1. The number of nitrogens with zero attached hydrogens (tertiary/aromatic N) is 1. The molecule has 0 saturated carbocycles. The van der Waals surface area contributed by atoms with E-state index in [9.17, 15) is 19.8 Å². The predicted octanol–water partition coefficient (Wildman–Crippen LogP) is 5.23. The Balaban J connectivity index is 0. The molecule has 0 saturated heterocycles. The molecular formula is C32H51NO6. The Hall–Kier alpha value is -3.06. The van der Waals surface area contributed by atoms with Crippen LogP contribution >= 0.6 is 0 Å². The minimum Gasteiger partial charge on any atom is -0.545 e. The summed E-state index contributed by atoms with van der Waals surface area (Å²) >= 11 is 0. The molecule has 0 atom stereocenters. The Kier molecular flexibility index (Phi) is 20.1. The molecule has 2 rings (SSSR count). The van der Waals surface area contributed by atoms with E-state index in [1.54, 1.807) is 24.3 Å². The molecule has 220 valence electrons. The fourth-order valence-corrected chi connectivity index (χ4v) is 4.10. The van der Waals surface area contributed by atoms with E-state index in [1.165, 1.54) is 121 Å². The van der Waals surface area contributed by atoms with Gasteiger partial charge >= 0.3 is 1.43 Å². The third kappa shape index (κ3) is 15.8. The Bertz CT molecular complexity index is 808. The van der Waals surface area contributed by atoms with Gasteiger partial charge < -0.3 is 33.8 Å². The molecule has 0 bridgehead atoms. The molecule has 39 heavy (non-hydrogen) atoms. The fraction of sp³-hybridized carbons (Fsp3) is 0.562. The first-order chi connectivity index (χ1) is 18.7. The molecule has 0 unspecified atom stereocenters. The van der Waals surface area contributed by atoms with E-state index in [0.717, 1.165) is 0 Å². The van der Waals surface area contributed by atoms with Gasteiger partial charge in [0.15, 0.2) is 0 Å². The lowest BCUT2D eigenvalue weighted by Crippen LogP contribution is -2.50. The fourth-order valence-electron chi connectivity index (χ4n) is 4.10. The third-order valence-corrected chi connectivity index (χ3v) is 6.60. The number of carbonyl (C=O) groups excluding carboxylic acids is 2. The highest BCUT2D eigenvalue weighted by Gasteiger charge is 2.24. The molecular weight excluding hydrogens is 494 g/mol. The van der Waals surface area contributed by atoms with Crippen LogP contribution in [0.25, 0.3) is 0 Å². The average molecular weight is 546 g/mol. The molecule has 0 fully saturated rings. The first kappa shape index (κ1) is 35.9. The normalized spacial score (nSPS) is 10.4. The zero-order valence-corrected chi connectivity index (χ0v) is 25.0. The van der Waals surface area contributed by atoms with Gasteiger partial charge in [-0.3, -0.25) is 0 Å². The molecule has 2 aromatic rings. The number of hydrogen-bond acceptors (Lipinski definition) is 6. The van der Waals surface area contributed by atoms with Crippen molar-refractivity contribution in [2.45, 2.75) is 79.1 Å². The number of carboxylic acid groups (broad SMARTS) is 2. The van der Waals surface area contributed by atoms with Crippen LogP contribution in [0.3, 0.4) is 0 Å². The van der Waals surface area contributed by atoms with Crippen LogP contribution in [0, 0.1) is 0 Å². The zero-order chi connectivity index (χ0) is 29.5. The van der Waals surface area contributed by atoms with E-state index in [-0.39, 0.29) is 12.6 Å². The second kappa shape index (κ2) is 21.8. The van der Waals surface area contributed by atoms with Crippen molar-refractivity contribution in [2.75, 3.05) is 40.4 Å². The van der Waals surface area contributed by atoms with Gasteiger partial charge in [0.1, 0.15) is 11.5 Å². The van der Waals surface area contributed by atoms with E-state index in [2.05, 4.69) is 27.7 Å². The van der Waals surface area contributed by atoms with Crippen molar-refractivity contribution in [3.8, 4) is 11.5 Å². The van der Waals surface area contributed by atoms with Crippen LogP contribution in [0.1, 0.15) is 101 Å². The maximum absolute atomic E-state index is 10.2. The standard InChI is InChI=1S/C16H36N.2C8H8O3/c1-5-9-13-17(14-10-6-2,15-11-7-3)16-12-8-4;2*1-11-7-4-2-6(3-5-7)8(9)10/h5-16H2,1-4H3;2*2-5H,1H3,(H,9,10)/q+1;;/p-1. The molecule has 0 N–H and O–H groups in total. The maximum Gasteiger partial charge on any atom is 1.00 e. The minimum atomic E-state index is -1.17. The van der Waals surface area contributed by atoms with Gasteiger partial charge in [-0.2, -0.15) is 0 Å². The number of aromatic carboxylic acids is 2. The Labute approximate surface area is 237 Å². The van der Waals surface area contributed by atoms with Gasteiger partial charge in [0.25, 0.3) is 0 Å². The van der Waals surface area contributed by atoms with Crippen molar-refractivity contribution in [3.63, 3.8) is 0 Å². The third-order valence-electron chi connectivity index (χ3n) is 6.60. The number of carbonyl (C=O) groups is 2. The van der Waals surface area contributed by atoms with Crippen molar-refractivity contribution in [1.29, 1.82) is 0 Å². The van der Waals surface area contributed by atoms with Gasteiger partial charge in [-0.15, -0.1) is 0 Å². The Morgan fingerprint density at radius 1 is 0.590 bits per heavy atom. The number of quaternary nitrogens is 1. The van der Waals surface area contributed by atoms with Crippen LogP contribution in [0.2, 0.25) is 0 Å². The van der Waals surface area contributed by atoms with Crippen LogP contribution in [-0.4, -0.2) is 56.8 Å². The second-order valence-electron chi connectivity index (χ2n) is 9.68. The number of unbranched alkanes of at least 4 members (excludes halogenated alkanes) is 4. The molecule has 0 aliphatic carbocycles. The number of benzene rings is 2. The van der Waals surface area contributed by atoms with Gasteiger partial charge in [0.05, 0.1) is 52.3 Å². The van der Waals surface area contributed by atoms with Crippen molar-refractivity contribution in [2.24, 2.45) is 0 Å². The molecule has 0 amide bonds. The Morgan fingerprint density at radius 2 is 0.846 bits per heavy atom. The summed E-state index contributed by atoms with van der Waals surface area (Å²) in [5.74, 6) is -1.08. The van der Waals surface area contributed by atoms with E-state index >= 15 is 0 Å². The summed E-state index contributed by atoms with van der Waals surface area (Å²) in [6.45, 7) is 15.0. The first-order valence-corrected chi connectivity index (χ1v) is 14.3. The molecule has 7 nitrogen and oxygen atoms in total. The van der Waals surface area contributed by atoms with Crippen molar-refractivity contribution < 1.29 is 35.2 Å². The van der Waals surface area contributed by atoms with Gasteiger partial charge in [-0.25, -0.2) is 0 Å². The molecule has 0 heterocycles. The van der Waals surface area contributed by atoms with Gasteiger partial charge in [0, 0.05) is 0 Å². The van der Waals surface area contributed by atoms with Crippen LogP contribution in [0.5, 0.6) is 11.5 Å². The lowest BCUT2D eigenvalue weighted by molar-refractivity contribution is -0.929. The quantitative estimate of drug-likeness (QED) is 0.268. The van der Waals surface area contributed by atoms with Gasteiger partial charge in [-0.1, -0.05) is 53.4 Å². The van der Waals surface area contributed by atoms with E-state index in [4.69, 9.17) is 9.47 Å². The summed E-state index contributed by atoms with van der Waals surface area (Å²) in [6, 6.07) is 12.1. The highest BCUT2D eigenvalue weighted by atomic mass is 16.5. The summed E-state index contributed by atoms with van der Waals surface area (Å²) < 4.78 is 11.1. The maximum atomic E-state index is 10.2. The van der Waals surface area contributed by atoms with E-state index < -0.39 is 11.9 Å². The number of rotatable bonds is 16. The van der Waals surface area contributed by atoms with E-state index in [1.807, 2.05) is 0 Å². The first-order valence-electron chi connectivity index (χ1n) is 14.3. The zero-order valence-electron chi connectivity index (χ0n) is 26.0. The van der Waals surface area contributed by atoms with Crippen LogP contribution in [0.15, 0.2) is 48.5 Å². The topological polar surface area (TPSA) is 98.7 Å². The smallest absolute Gasteiger partial charge is 0.545 e. The van der Waals surface area contributed by atoms with Crippen LogP contribution in [-0.2, 0) is 0 Å². The van der Waals surface area contributed by atoms with Crippen molar-refractivity contribution in [1.82, 2.24) is 0 Å². The molecule has 7 heteroatoms. The van der Waals surface area contributed by atoms with Crippen molar-refractivity contribution in [3.05, 3.63) is 59.7 Å². The lowest BCUT2D eigenvalue weighted by Gasteiger charge is -2.39. The van der Waals surface area contributed by atoms with E-state index in [0.29, 0.717) is 11.5 Å². The predicted molar refractivity (Wildman–Crippen MR) is 155 cm³/mol. The summed E-state index contributed by atoms with van der Waals surface area (Å²) in [6.07, 6.45) is 11.1. The summed E-state index contributed by atoms with van der Waals surface area (Å²) in [5, 5.41) is 20.5. The number of ether oxygens (including phenoxy) is 2. The van der Waals surface area contributed by atoms with Crippen LogP contribution < -0.4 is 19.7 Å². The molecule has 0 aliphatic heterocycles. The number of carboxylic acids is 2. The summed E-state index contributed by atoms with van der Waals surface area (Å²) in [4.78, 5) is 20.5. The van der Waals surface area contributed by atoms with Crippen LogP contribution in [0.4, 0.5) is 0 Å². The molecule has 0 aromatic heterocycles. The highest BCUT2D eigenvalue weighted by molar-refractivity contribution is 5.86. The Morgan fingerprint density at radius 3 is 1.03 bits per heavy atom. The van der Waals surface area contributed by atoms with Gasteiger partial charge in [-0.05, 0) is 85.3 Å². The highest BCUT2D eigenvalue weighted by Crippen LogP contribution is 2.16. The largest absolute Gasteiger partial charge is 1.00 e. The molecule has 0 aliphatic rings. The average Bonchev–Trinajstić information content (AvgIpc) is 2.97. The molecule has 2 aromatic carbocycles. The molecule has 0 radical (unpaired) electrons. The number of hydrogen-bond donors (Lipinski definition) is 0. The monoisotopic (exact) mass is 545 g/mol. The molecule has 0 spiro atoms. The summed E-state index contributed by atoms with van der Waals surface area (Å²) in [5.41, 5.74) is 0.316. The number of methoxy groups -OCH3 is 2. The minimum absolute atomic E-state index is 0. The second-order valence-corrected chi connectivity index (χ2v) is 9.68. The van der Waals surface area contributed by atoms with Crippen molar-refractivity contribution >= 4 is 11.9 Å². The summed E-state index contributed by atoms with van der Waals surface area (Å²) in [7, 11) is 3.04. The van der Waals surface area contributed by atoms with Gasteiger partial charge in [0.2, 0.25) is 0 Å². The SMILES string of the molecule is CCCC[N+](CCCC)(CCCC)CCCC.COc1ccc(C(=O)[O-])cc1.COc1ccc(C(=O)[O-])cc1.[H+].